The molecule has 6 heteroatoms. The van der Waals surface area contributed by atoms with E-state index >= 15 is 0 Å². The highest BCUT2D eigenvalue weighted by atomic mass is 35.5. The molecule has 2 aliphatic rings. The molecule has 4 nitrogen and oxygen atoms in total. The minimum absolute atomic E-state index is 0. The Hall–Kier alpha value is 0.420. The first-order valence-corrected chi connectivity index (χ1v) is 5.86. The Labute approximate surface area is 117 Å². The van der Waals surface area contributed by atoms with Crippen molar-refractivity contribution in [3.8, 4) is 0 Å². The molecule has 0 unspecified atom stereocenters. The van der Waals surface area contributed by atoms with Gasteiger partial charge in [-0.15, -0.1) is 24.8 Å². The van der Waals surface area contributed by atoms with Crippen LogP contribution in [0.1, 0.15) is 26.7 Å². The maximum atomic E-state index is 5.75. The fourth-order valence-corrected chi connectivity index (χ4v) is 2.69. The van der Waals surface area contributed by atoms with Crippen LogP contribution in [0.2, 0.25) is 0 Å². The standard InChI is InChI=1S/C11H22N2O.2ClH.H2O/c1-9-7-13(8-10(2)14-9)11-3-5-12-6-4-11;;;/h9-12H,3-8H2,1-2H3;2*1H;1H2/t9-,10+;;;. The number of piperidine rings is 1. The van der Waals surface area contributed by atoms with Crippen molar-refractivity contribution in [3.63, 3.8) is 0 Å². The molecule has 2 heterocycles. The van der Waals surface area contributed by atoms with Crippen LogP contribution in [0.5, 0.6) is 0 Å². The summed E-state index contributed by atoms with van der Waals surface area (Å²) >= 11 is 0. The number of halogens is 2. The summed E-state index contributed by atoms with van der Waals surface area (Å²) < 4.78 is 5.75. The average molecular weight is 289 g/mol. The quantitative estimate of drug-likeness (QED) is 0.779. The van der Waals surface area contributed by atoms with Gasteiger partial charge in [-0.1, -0.05) is 0 Å². The third kappa shape index (κ3) is 5.73. The van der Waals surface area contributed by atoms with Crippen LogP contribution in [0.25, 0.3) is 0 Å². The van der Waals surface area contributed by atoms with Crippen LogP contribution in [0, 0.1) is 0 Å². The summed E-state index contributed by atoms with van der Waals surface area (Å²) in [5.74, 6) is 0. The van der Waals surface area contributed by atoms with Gasteiger partial charge in [0.2, 0.25) is 0 Å². The third-order valence-corrected chi connectivity index (χ3v) is 3.27. The molecule has 0 aromatic carbocycles. The Kier molecular flexibility index (Phi) is 10.9. The summed E-state index contributed by atoms with van der Waals surface area (Å²) in [4.78, 5) is 2.62. The molecule has 2 rings (SSSR count). The molecule has 0 saturated carbocycles. The Morgan fingerprint density at radius 3 is 1.94 bits per heavy atom. The molecular weight excluding hydrogens is 263 g/mol. The normalized spacial score (nSPS) is 30.7. The van der Waals surface area contributed by atoms with Crippen LogP contribution >= 0.6 is 24.8 Å². The number of morpholine rings is 1. The zero-order chi connectivity index (χ0) is 9.97. The summed E-state index contributed by atoms with van der Waals surface area (Å²) in [6.45, 7) is 8.98. The van der Waals surface area contributed by atoms with Gasteiger partial charge in [0.05, 0.1) is 12.2 Å². The molecule has 0 aromatic heterocycles. The molecule has 3 N–H and O–H groups in total. The van der Waals surface area contributed by atoms with Crippen molar-refractivity contribution in [2.45, 2.75) is 44.9 Å². The number of rotatable bonds is 1. The largest absolute Gasteiger partial charge is 0.412 e. The van der Waals surface area contributed by atoms with Gasteiger partial charge in [0.25, 0.3) is 0 Å². The van der Waals surface area contributed by atoms with E-state index < -0.39 is 0 Å². The predicted molar refractivity (Wildman–Crippen MR) is 75.6 cm³/mol. The molecule has 2 aliphatic heterocycles. The van der Waals surface area contributed by atoms with Crippen LogP contribution in [-0.4, -0.2) is 54.8 Å². The van der Waals surface area contributed by atoms with E-state index in [1.54, 1.807) is 0 Å². The lowest BCUT2D eigenvalue weighted by molar-refractivity contribution is -0.0832. The number of hydrogen-bond acceptors (Lipinski definition) is 3. The Balaban J connectivity index is 0. The molecule has 2 atom stereocenters. The Morgan fingerprint density at radius 2 is 1.47 bits per heavy atom. The zero-order valence-corrected chi connectivity index (χ0v) is 12.3. The van der Waals surface area contributed by atoms with Gasteiger partial charge < -0.3 is 15.5 Å². The topological polar surface area (TPSA) is 56.0 Å². The predicted octanol–water partition coefficient (Wildman–Crippen LogP) is 0.866. The van der Waals surface area contributed by atoms with E-state index in [0.29, 0.717) is 12.2 Å². The second-order valence-corrected chi connectivity index (χ2v) is 4.69. The van der Waals surface area contributed by atoms with E-state index in [1.165, 1.54) is 25.9 Å². The fourth-order valence-electron chi connectivity index (χ4n) is 2.69. The summed E-state index contributed by atoms with van der Waals surface area (Å²) in [5, 5.41) is 3.42. The van der Waals surface area contributed by atoms with Crippen LogP contribution in [-0.2, 0) is 4.74 Å². The molecule has 0 aromatic rings. The van der Waals surface area contributed by atoms with E-state index in [9.17, 15) is 0 Å². The smallest absolute Gasteiger partial charge is 0.0678 e. The van der Waals surface area contributed by atoms with Crippen LogP contribution < -0.4 is 5.32 Å². The van der Waals surface area contributed by atoms with Crippen molar-refractivity contribution in [1.82, 2.24) is 10.2 Å². The van der Waals surface area contributed by atoms with Crippen molar-refractivity contribution in [1.29, 1.82) is 0 Å². The SMILES string of the molecule is C[C@@H]1CN(C2CCNCC2)C[C@H](C)O1.Cl.Cl.O. The van der Waals surface area contributed by atoms with Gasteiger partial charge in [0.1, 0.15) is 0 Å². The average Bonchev–Trinajstić information content (AvgIpc) is 2.18. The second-order valence-electron chi connectivity index (χ2n) is 4.69. The molecule has 0 radical (unpaired) electrons. The molecule has 2 fully saturated rings. The molecule has 0 amide bonds. The Bertz CT molecular complexity index is 182. The molecule has 0 spiro atoms. The number of ether oxygens (including phenoxy) is 1. The van der Waals surface area contributed by atoms with Gasteiger partial charge in [-0.25, -0.2) is 0 Å². The highest BCUT2D eigenvalue weighted by molar-refractivity contribution is 5.85. The van der Waals surface area contributed by atoms with E-state index in [2.05, 4.69) is 24.1 Å². The summed E-state index contributed by atoms with van der Waals surface area (Å²) in [6, 6.07) is 0.796. The summed E-state index contributed by atoms with van der Waals surface area (Å²) in [5.41, 5.74) is 0. The minimum Gasteiger partial charge on any atom is -0.412 e. The fraction of sp³-hybridized carbons (Fsp3) is 1.00. The van der Waals surface area contributed by atoms with Crippen molar-refractivity contribution in [3.05, 3.63) is 0 Å². The van der Waals surface area contributed by atoms with Gasteiger partial charge in [0, 0.05) is 19.1 Å². The van der Waals surface area contributed by atoms with Crippen molar-refractivity contribution < 1.29 is 10.2 Å². The lowest BCUT2D eigenvalue weighted by Gasteiger charge is -2.41. The van der Waals surface area contributed by atoms with Gasteiger partial charge in [0.15, 0.2) is 0 Å². The van der Waals surface area contributed by atoms with Crippen LogP contribution in [0.15, 0.2) is 0 Å². The second kappa shape index (κ2) is 9.36. The van der Waals surface area contributed by atoms with Crippen LogP contribution in [0.3, 0.4) is 0 Å². The lowest BCUT2D eigenvalue weighted by atomic mass is 10.0. The van der Waals surface area contributed by atoms with E-state index in [1.807, 2.05) is 0 Å². The molecule has 0 aliphatic carbocycles. The molecule has 2 saturated heterocycles. The maximum absolute atomic E-state index is 5.75. The number of hydrogen-bond donors (Lipinski definition) is 1. The molecule has 106 valence electrons. The van der Waals surface area contributed by atoms with Crippen molar-refractivity contribution >= 4 is 24.8 Å². The van der Waals surface area contributed by atoms with E-state index in [4.69, 9.17) is 4.74 Å². The Morgan fingerprint density at radius 1 is 1.00 bits per heavy atom. The minimum atomic E-state index is 0. The summed E-state index contributed by atoms with van der Waals surface area (Å²) in [6.07, 6.45) is 3.43. The molecule has 0 bridgehead atoms. The first kappa shape index (κ1) is 19.8. The molecule has 17 heavy (non-hydrogen) atoms. The first-order chi connectivity index (χ1) is 6.75. The van der Waals surface area contributed by atoms with E-state index in [-0.39, 0.29) is 30.3 Å². The number of nitrogens with one attached hydrogen (secondary N) is 1. The van der Waals surface area contributed by atoms with E-state index in [0.717, 1.165) is 19.1 Å². The third-order valence-electron chi connectivity index (χ3n) is 3.27. The maximum Gasteiger partial charge on any atom is 0.0678 e. The monoisotopic (exact) mass is 288 g/mol. The van der Waals surface area contributed by atoms with Gasteiger partial charge in [-0.3, -0.25) is 4.90 Å². The van der Waals surface area contributed by atoms with Crippen molar-refractivity contribution in [2.75, 3.05) is 26.2 Å². The molecular formula is C11H26Cl2N2O2. The van der Waals surface area contributed by atoms with Crippen molar-refractivity contribution in [2.24, 2.45) is 0 Å². The van der Waals surface area contributed by atoms with Gasteiger partial charge in [-0.2, -0.15) is 0 Å². The van der Waals surface area contributed by atoms with Crippen LogP contribution in [0.4, 0.5) is 0 Å². The highest BCUT2D eigenvalue weighted by Crippen LogP contribution is 2.18. The lowest BCUT2D eigenvalue weighted by Crippen LogP contribution is -2.52. The highest BCUT2D eigenvalue weighted by Gasteiger charge is 2.28. The first-order valence-electron chi connectivity index (χ1n) is 5.86. The summed E-state index contributed by atoms with van der Waals surface area (Å²) in [7, 11) is 0. The van der Waals surface area contributed by atoms with Gasteiger partial charge in [-0.05, 0) is 39.8 Å². The van der Waals surface area contributed by atoms with Gasteiger partial charge >= 0.3 is 0 Å². The zero-order valence-electron chi connectivity index (χ0n) is 10.6. The number of nitrogens with zero attached hydrogens (tertiary/aromatic N) is 1.